The van der Waals surface area contributed by atoms with Crippen LogP contribution in [0.5, 0.6) is 0 Å². The molecule has 7 nitrogen and oxygen atoms in total. The Morgan fingerprint density at radius 2 is 1.81 bits per heavy atom. The Morgan fingerprint density at radius 1 is 1.12 bits per heavy atom. The maximum absolute atomic E-state index is 12.2. The van der Waals surface area contributed by atoms with E-state index in [1.165, 1.54) is 12.1 Å². The Bertz CT molecular complexity index is 656. The van der Waals surface area contributed by atoms with Crippen LogP contribution in [0.15, 0.2) is 29.2 Å². The van der Waals surface area contributed by atoms with Gasteiger partial charge in [-0.2, -0.15) is 0 Å². The van der Waals surface area contributed by atoms with Crippen LogP contribution in [0.3, 0.4) is 0 Å². The maximum atomic E-state index is 12.2. The largest absolute Gasteiger partial charge is 0.379 e. The third-order valence-electron chi connectivity index (χ3n) is 4.32. The average Bonchev–Trinajstić information content (AvgIpc) is 2.66. The third-order valence-corrected chi connectivity index (χ3v) is 5.79. The normalized spacial score (nSPS) is 15.7. The highest BCUT2D eigenvalue weighted by atomic mass is 32.2. The van der Waals surface area contributed by atoms with Crippen molar-refractivity contribution in [1.29, 1.82) is 0 Å². The molecule has 26 heavy (non-hydrogen) atoms. The summed E-state index contributed by atoms with van der Waals surface area (Å²) in [6.07, 6.45) is 2.85. The molecular weight excluding hydrogens is 354 g/mol. The van der Waals surface area contributed by atoms with Gasteiger partial charge in [-0.25, -0.2) is 13.1 Å². The van der Waals surface area contributed by atoms with E-state index in [0.717, 1.165) is 52.1 Å². The second-order valence-electron chi connectivity index (χ2n) is 6.34. The number of carbonyl (C=O) groups is 1. The molecule has 0 atom stereocenters. The van der Waals surface area contributed by atoms with Crippen molar-refractivity contribution >= 4 is 15.9 Å². The van der Waals surface area contributed by atoms with Crippen molar-refractivity contribution in [2.24, 2.45) is 0 Å². The number of nitrogens with one attached hydrogen (secondary N) is 2. The monoisotopic (exact) mass is 383 g/mol. The number of benzene rings is 1. The highest BCUT2D eigenvalue weighted by Gasteiger charge is 2.15. The van der Waals surface area contributed by atoms with E-state index in [4.69, 9.17) is 4.74 Å². The van der Waals surface area contributed by atoms with Crippen LogP contribution in [-0.2, 0) is 14.8 Å². The van der Waals surface area contributed by atoms with Crippen molar-refractivity contribution in [2.75, 3.05) is 45.9 Å². The van der Waals surface area contributed by atoms with E-state index in [1.807, 2.05) is 0 Å². The summed E-state index contributed by atoms with van der Waals surface area (Å²) in [7, 11) is -3.51. The molecule has 1 aromatic carbocycles. The highest BCUT2D eigenvalue weighted by Crippen LogP contribution is 2.11. The van der Waals surface area contributed by atoms with Crippen molar-refractivity contribution in [1.82, 2.24) is 14.9 Å². The second-order valence-corrected chi connectivity index (χ2v) is 8.11. The van der Waals surface area contributed by atoms with Crippen LogP contribution in [0.4, 0.5) is 0 Å². The van der Waals surface area contributed by atoms with Gasteiger partial charge in [0.15, 0.2) is 0 Å². The lowest BCUT2D eigenvalue weighted by molar-refractivity contribution is 0.0383. The third kappa shape index (κ3) is 6.68. The number of rotatable bonds is 10. The average molecular weight is 384 g/mol. The molecule has 1 aliphatic rings. The van der Waals surface area contributed by atoms with Crippen molar-refractivity contribution in [3.63, 3.8) is 0 Å². The maximum Gasteiger partial charge on any atom is 0.251 e. The minimum Gasteiger partial charge on any atom is -0.379 e. The molecule has 0 bridgehead atoms. The van der Waals surface area contributed by atoms with Crippen molar-refractivity contribution in [3.05, 3.63) is 29.8 Å². The summed E-state index contributed by atoms with van der Waals surface area (Å²) in [6.45, 7) is 7.06. The second kappa shape index (κ2) is 10.6. The van der Waals surface area contributed by atoms with Gasteiger partial charge in [-0.1, -0.05) is 19.8 Å². The van der Waals surface area contributed by atoms with Crippen LogP contribution in [0.1, 0.15) is 36.5 Å². The topological polar surface area (TPSA) is 87.7 Å². The zero-order valence-electron chi connectivity index (χ0n) is 15.4. The van der Waals surface area contributed by atoms with Gasteiger partial charge in [0, 0.05) is 38.3 Å². The van der Waals surface area contributed by atoms with Gasteiger partial charge in [-0.3, -0.25) is 9.69 Å². The molecule has 1 aliphatic heterocycles. The summed E-state index contributed by atoms with van der Waals surface area (Å²) >= 11 is 0. The molecule has 146 valence electrons. The van der Waals surface area contributed by atoms with Crippen LogP contribution in [-0.4, -0.2) is 65.2 Å². The minimum atomic E-state index is -3.51. The summed E-state index contributed by atoms with van der Waals surface area (Å²) in [6, 6.07) is 6.04. The van der Waals surface area contributed by atoms with Gasteiger partial charge in [0.1, 0.15) is 0 Å². The van der Waals surface area contributed by atoms with Crippen LogP contribution in [0.2, 0.25) is 0 Å². The first-order valence-corrected chi connectivity index (χ1v) is 10.7. The van der Waals surface area contributed by atoms with Gasteiger partial charge in [0.25, 0.3) is 5.91 Å². The van der Waals surface area contributed by atoms with Crippen LogP contribution >= 0.6 is 0 Å². The number of hydrogen-bond donors (Lipinski definition) is 2. The first-order chi connectivity index (χ1) is 12.5. The summed E-state index contributed by atoms with van der Waals surface area (Å²) in [5.74, 6) is -0.196. The predicted molar refractivity (Wildman–Crippen MR) is 101 cm³/mol. The molecule has 8 heteroatoms. The van der Waals surface area contributed by atoms with Crippen LogP contribution in [0.25, 0.3) is 0 Å². The molecule has 1 fully saturated rings. The van der Waals surface area contributed by atoms with E-state index in [2.05, 4.69) is 21.9 Å². The molecule has 1 amide bonds. The molecule has 2 rings (SSSR count). The lowest BCUT2D eigenvalue weighted by Crippen LogP contribution is -2.41. The quantitative estimate of drug-likeness (QED) is 0.593. The molecule has 1 saturated heterocycles. The summed E-state index contributed by atoms with van der Waals surface area (Å²) in [4.78, 5) is 14.6. The van der Waals surface area contributed by atoms with Gasteiger partial charge in [-0.05, 0) is 30.7 Å². The molecule has 1 aromatic rings. The molecule has 0 aliphatic carbocycles. The number of nitrogens with zero attached hydrogens (tertiary/aromatic N) is 1. The van der Waals surface area contributed by atoms with Crippen molar-refractivity contribution in [2.45, 2.75) is 31.1 Å². The molecule has 0 saturated carbocycles. The van der Waals surface area contributed by atoms with E-state index in [9.17, 15) is 13.2 Å². The van der Waals surface area contributed by atoms with E-state index >= 15 is 0 Å². The smallest absolute Gasteiger partial charge is 0.251 e. The Hall–Kier alpha value is -1.48. The molecule has 2 N–H and O–H groups in total. The van der Waals surface area contributed by atoms with E-state index in [0.29, 0.717) is 18.7 Å². The fourth-order valence-corrected chi connectivity index (χ4v) is 3.78. The Kier molecular flexibility index (Phi) is 8.50. The fourth-order valence-electron chi connectivity index (χ4n) is 2.70. The number of amides is 1. The fraction of sp³-hybridized carbons (Fsp3) is 0.611. The molecule has 0 aromatic heterocycles. The number of ether oxygens (including phenoxy) is 1. The summed E-state index contributed by atoms with van der Waals surface area (Å²) in [5.41, 5.74) is 0.455. The SMILES string of the molecule is CCCCCNS(=O)(=O)c1ccc(C(=O)NCCN2CCOCC2)cc1. The molecular formula is C18H29N3O4S. The number of carbonyl (C=O) groups excluding carboxylic acids is 1. The molecule has 0 unspecified atom stereocenters. The first kappa shape index (κ1) is 20.8. The number of hydrogen-bond acceptors (Lipinski definition) is 5. The Morgan fingerprint density at radius 3 is 2.46 bits per heavy atom. The van der Waals surface area contributed by atoms with Crippen LogP contribution in [0, 0.1) is 0 Å². The number of unbranched alkanes of at least 4 members (excludes halogenated alkanes) is 2. The zero-order valence-corrected chi connectivity index (χ0v) is 16.2. The zero-order chi connectivity index (χ0) is 18.8. The number of sulfonamides is 1. The lowest BCUT2D eigenvalue weighted by atomic mass is 10.2. The molecule has 0 radical (unpaired) electrons. The van der Waals surface area contributed by atoms with Gasteiger partial charge < -0.3 is 10.1 Å². The van der Waals surface area contributed by atoms with Crippen molar-refractivity contribution < 1.29 is 17.9 Å². The summed E-state index contributed by atoms with van der Waals surface area (Å²) < 4.78 is 32.3. The van der Waals surface area contributed by atoms with E-state index < -0.39 is 10.0 Å². The Balaban J connectivity index is 1.80. The van der Waals surface area contributed by atoms with Gasteiger partial charge in [0.2, 0.25) is 10.0 Å². The first-order valence-electron chi connectivity index (χ1n) is 9.21. The highest BCUT2D eigenvalue weighted by molar-refractivity contribution is 7.89. The standard InChI is InChI=1S/C18H29N3O4S/c1-2-3-4-9-20-26(23,24)17-7-5-16(6-8-17)18(22)19-10-11-21-12-14-25-15-13-21/h5-8,20H,2-4,9-15H2,1H3,(H,19,22). The Labute approximate surface area is 156 Å². The lowest BCUT2D eigenvalue weighted by Gasteiger charge is -2.26. The van der Waals surface area contributed by atoms with Gasteiger partial charge >= 0.3 is 0 Å². The van der Waals surface area contributed by atoms with Crippen LogP contribution < -0.4 is 10.0 Å². The molecule has 0 spiro atoms. The van der Waals surface area contributed by atoms with E-state index in [1.54, 1.807) is 12.1 Å². The molecule has 1 heterocycles. The van der Waals surface area contributed by atoms with Gasteiger partial charge in [-0.15, -0.1) is 0 Å². The predicted octanol–water partition coefficient (Wildman–Crippen LogP) is 1.22. The van der Waals surface area contributed by atoms with Crippen molar-refractivity contribution in [3.8, 4) is 0 Å². The number of morpholine rings is 1. The summed E-state index contributed by atoms with van der Waals surface area (Å²) in [5, 5.41) is 2.87. The minimum absolute atomic E-state index is 0.180. The van der Waals surface area contributed by atoms with Gasteiger partial charge in [0.05, 0.1) is 18.1 Å². The van der Waals surface area contributed by atoms with E-state index in [-0.39, 0.29) is 10.8 Å².